The molecule has 0 fully saturated rings. The second-order valence-electron chi connectivity index (χ2n) is 4.89. The molecule has 120 valence electrons. The van der Waals surface area contributed by atoms with Crippen molar-refractivity contribution in [3.8, 4) is 6.01 Å². The molecule has 3 aromatic rings. The van der Waals surface area contributed by atoms with Gasteiger partial charge in [-0.3, -0.25) is 4.57 Å². The molecule has 0 saturated heterocycles. The van der Waals surface area contributed by atoms with E-state index >= 15 is 0 Å². The zero-order chi connectivity index (χ0) is 16.2. The van der Waals surface area contributed by atoms with E-state index < -0.39 is 0 Å². The second kappa shape index (κ2) is 7.10. The normalized spacial score (nSPS) is 11.2. The maximum absolute atomic E-state index is 10.1. The summed E-state index contributed by atoms with van der Waals surface area (Å²) >= 11 is 3.33. The van der Waals surface area contributed by atoms with Gasteiger partial charge in [-0.15, -0.1) is 0 Å². The van der Waals surface area contributed by atoms with Crippen LogP contribution in [0.15, 0.2) is 35.5 Å². The van der Waals surface area contributed by atoms with Crippen LogP contribution < -0.4 is 5.73 Å². The lowest BCUT2D eigenvalue weighted by atomic mass is 10.2. The predicted octanol–water partition coefficient (Wildman–Crippen LogP) is 2.62. The largest absolute Gasteiger partial charge is 0.480 e. The van der Waals surface area contributed by atoms with Gasteiger partial charge in [-0.2, -0.15) is 16.7 Å². The van der Waals surface area contributed by atoms with Crippen LogP contribution in [0.5, 0.6) is 6.01 Å². The first-order valence-corrected chi connectivity index (χ1v) is 9.45. The molecule has 2 aromatic heterocycles. The second-order valence-corrected chi connectivity index (χ2v) is 6.94. The molecule has 0 radical (unpaired) electrons. The standard InChI is InChI=1S/C15H17N5OS2/c1-22-7-8-23-14-18-12(16)11-13(19-14)20(15(21)17-11)9-10-5-3-2-4-6-10/h2-6H,7-9H2,1H3,(H,17,21)(H2,16,18,19). The number of nitrogen functional groups attached to an aromatic ring is 1. The van der Waals surface area contributed by atoms with Crippen molar-refractivity contribution in [2.75, 3.05) is 23.5 Å². The minimum absolute atomic E-state index is 0.101. The number of thioether (sulfide) groups is 2. The van der Waals surface area contributed by atoms with Crippen LogP contribution in [0.1, 0.15) is 5.56 Å². The Balaban J connectivity index is 1.98. The number of imidazole rings is 1. The number of nitrogens with two attached hydrogens (primary N) is 1. The highest BCUT2D eigenvalue weighted by atomic mass is 32.2. The fourth-order valence-corrected chi connectivity index (χ4v) is 3.68. The Labute approximate surface area is 142 Å². The summed E-state index contributed by atoms with van der Waals surface area (Å²) in [6, 6.07) is 9.75. The van der Waals surface area contributed by atoms with Crippen molar-refractivity contribution < 1.29 is 5.11 Å². The first-order valence-electron chi connectivity index (χ1n) is 7.07. The van der Waals surface area contributed by atoms with Gasteiger partial charge in [-0.1, -0.05) is 42.1 Å². The van der Waals surface area contributed by atoms with Gasteiger partial charge in [0.1, 0.15) is 0 Å². The number of rotatable bonds is 6. The number of aromatic hydroxyl groups is 1. The van der Waals surface area contributed by atoms with Crippen LogP contribution in [-0.4, -0.2) is 42.4 Å². The zero-order valence-corrected chi connectivity index (χ0v) is 14.3. The number of nitrogens with zero attached hydrogens (tertiary/aromatic N) is 4. The Morgan fingerprint density at radius 1 is 1.13 bits per heavy atom. The van der Waals surface area contributed by atoms with E-state index in [4.69, 9.17) is 5.73 Å². The van der Waals surface area contributed by atoms with E-state index in [1.165, 1.54) is 0 Å². The number of aromatic nitrogens is 4. The molecule has 0 aliphatic rings. The van der Waals surface area contributed by atoms with Crippen molar-refractivity contribution in [1.29, 1.82) is 0 Å². The van der Waals surface area contributed by atoms with E-state index in [1.54, 1.807) is 28.1 Å². The fourth-order valence-electron chi connectivity index (χ4n) is 2.18. The Kier molecular flexibility index (Phi) is 4.92. The molecule has 1 aromatic carbocycles. The topological polar surface area (TPSA) is 89.9 Å². The minimum atomic E-state index is -0.101. The molecule has 0 unspecified atom stereocenters. The van der Waals surface area contributed by atoms with E-state index in [2.05, 4.69) is 21.2 Å². The van der Waals surface area contributed by atoms with Crippen molar-refractivity contribution in [2.45, 2.75) is 11.7 Å². The van der Waals surface area contributed by atoms with E-state index in [1.807, 2.05) is 30.3 Å². The quantitative estimate of drug-likeness (QED) is 0.402. The van der Waals surface area contributed by atoms with Gasteiger partial charge in [-0.25, -0.2) is 9.97 Å². The fraction of sp³-hybridized carbons (Fsp3) is 0.267. The Bertz CT molecular complexity index is 806. The molecule has 8 heteroatoms. The molecule has 0 aliphatic heterocycles. The van der Waals surface area contributed by atoms with Crippen molar-refractivity contribution in [1.82, 2.24) is 19.5 Å². The average molecular weight is 347 g/mol. The molecule has 0 bridgehead atoms. The molecule has 0 atom stereocenters. The van der Waals surface area contributed by atoms with E-state index in [-0.39, 0.29) is 6.01 Å². The molecule has 3 rings (SSSR count). The number of hydrogen-bond donors (Lipinski definition) is 2. The highest BCUT2D eigenvalue weighted by Gasteiger charge is 2.16. The summed E-state index contributed by atoms with van der Waals surface area (Å²) in [7, 11) is 0. The number of anilines is 1. The molecule has 0 saturated carbocycles. The van der Waals surface area contributed by atoms with Crippen LogP contribution in [0.4, 0.5) is 5.82 Å². The maximum Gasteiger partial charge on any atom is 0.296 e. The molecular weight excluding hydrogens is 330 g/mol. The first kappa shape index (κ1) is 15.9. The van der Waals surface area contributed by atoms with E-state index in [0.717, 1.165) is 17.1 Å². The summed E-state index contributed by atoms with van der Waals surface area (Å²) in [6.45, 7) is 0.481. The van der Waals surface area contributed by atoms with Crippen LogP contribution in [0.2, 0.25) is 0 Å². The zero-order valence-electron chi connectivity index (χ0n) is 12.6. The first-order chi connectivity index (χ1) is 11.2. The molecule has 0 aliphatic carbocycles. The number of benzene rings is 1. The smallest absolute Gasteiger partial charge is 0.296 e. The highest BCUT2D eigenvalue weighted by Crippen LogP contribution is 2.26. The van der Waals surface area contributed by atoms with Gasteiger partial charge in [0.25, 0.3) is 6.01 Å². The van der Waals surface area contributed by atoms with Crippen LogP contribution in [0.3, 0.4) is 0 Å². The lowest BCUT2D eigenvalue weighted by molar-refractivity contribution is 0.408. The van der Waals surface area contributed by atoms with Gasteiger partial charge >= 0.3 is 0 Å². The van der Waals surface area contributed by atoms with Gasteiger partial charge in [0.05, 0.1) is 6.54 Å². The van der Waals surface area contributed by atoms with Crippen molar-refractivity contribution in [2.24, 2.45) is 0 Å². The lowest BCUT2D eigenvalue weighted by Crippen LogP contribution is -2.03. The van der Waals surface area contributed by atoms with Crippen LogP contribution >= 0.6 is 23.5 Å². The summed E-state index contributed by atoms with van der Waals surface area (Å²) in [5.74, 6) is 2.22. The Morgan fingerprint density at radius 2 is 1.91 bits per heavy atom. The minimum Gasteiger partial charge on any atom is -0.480 e. The summed E-state index contributed by atoms with van der Waals surface area (Å²) < 4.78 is 1.65. The van der Waals surface area contributed by atoms with Gasteiger partial charge < -0.3 is 10.8 Å². The van der Waals surface area contributed by atoms with Gasteiger partial charge in [0.2, 0.25) is 0 Å². The summed E-state index contributed by atoms with van der Waals surface area (Å²) in [4.78, 5) is 12.9. The maximum atomic E-state index is 10.1. The molecule has 0 amide bonds. The third-order valence-corrected chi connectivity index (χ3v) is 5.00. The molecule has 6 nitrogen and oxygen atoms in total. The summed E-state index contributed by atoms with van der Waals surface area (Å²) in [5, 5.41) is 10.8. The summed E-state index contributed by atoms with van der Waals surface area (Å²) in [5.41, 5.74) is 8.03. The van der Waals surface area contributed by atoms with Crippen LogP contribution in [0.25, 0.3) is 11.2 Å². The summed E-state index contributed by atoms with van der Waals surface area (Å²) in [6.07, 6.45) is 2.06. The Hall–Kier alpha value is -1.93. The average Bonchev–Trinajstić information content (AvgIpc) is 2.86. The monoisotopic (exact) mass is 347 g/mol. The highest BCUT2D eigenvalue weighted by molar-refractivity contribution is 8.02. The third kappa shape index (κ3) is 3.53. The SMILES string of the molecule is CSCCSc1nc(N)c2nc(O)n(Cc3ccccc3)c2n1. The van der Waals surface area contributed by atoms with Crippen LogP contribution in [-0.2, 0) is 6.54 Å². The number of fused-ring (bicyclic) bond motifs is 1. The van der Waals surface area contributed by atoms with Crippen molar-refractivity contribution >= 4 is 40.5 Å². The molecule has 2 heterocycles. The Morgan fingerprint density at radius 3 is 2.65 bits per heavy atom. The van der Waals surface area contributed by atoms with Gasteiger partial charge in [0.15, 0.2) is 22.1 Å². The lowest BCUT2D eigenvalue weighted by Gasteiger charge is -2.06. The van der Waals surface area contributed by atoms with E-state index in [0.29, 0.717) is 28.7 Å². The number of hydrogen-bond acceptors (Lipinski definition) is 7. The molecule has 0 spiro atoms. The van der Waals surface area contributed by atoms with Crippen molar-refractivity contribution in [3.63, 3.8) is 0 Å². The van der Waals surface area contributed by atoms with E-state index in [9.17, 15) is 5.11 Å². The van der Waals surface area contributed by atoms with Gasteiger partial charge in [-0.05, 0) is 11.8 Å². The van der Waals surface area contributed by atoms with Crippen LogP contribution in [0, 0.1) is 0 Å². The van der Waals surface area contributed by atoms with Gasteiger partial charge in [0, 0.05) is 11.5 Å². The molecule has 23 heavy (non-hydrogen) atoms. The predicted molar refractivity (Wildman–Crippen MR) is 96.1 cm³/mol. The third-order valence-electron chi connectivity index (χ3n) is 3.28. The molecular formula is C15H17N5OS2. The molecule has 3 N–H and O–H groups in total. The van der Waals surface area contributed by atoms with Crippen molar-refractivity contribution in [3.05, 3.63) is 35.9 Å².